The standard InChI is InChI=1S/C23H20N4O2/c1-3-23(19-12-8-5-9-13-19)16-29-22(28)27(23)20-14-15-24-21(26-20)25-17(2)18-10-6-4-7-11-18/h1,4-15,17H,16H2,2H3,(H,24,25,26)/t17-,23-/m0/s1. The summed E-state index contributed by atoms with van der Waals surface area (Å²) in [5.74, 6) is 3.54. The van der Waals surface area contributed by atoms with Gasteiger partial charge in [0.1, 0.15) is 12.4 Å². The highest BCUT2D eigenvalue weighted by atomic mass is 16.6. The lowest BCUT2D eigenvalue weighted by atomic mass is 9.90. The fourth-order valence-corrected chi connectivity index (χ4v) is 3.42. The number of rotatable bonds is 5. The SMILES string of the molecule is C#C[C@@]1(c2ccccc2)COC(=O)N1c1ccnc(N[C@@H](C)c2ccccc2)n1. The molecule has 1 aliphatic rings. The molecule has 2 atom stereocenters. The molecule has 6 heteroatoms. The van der Waals surface area contributed by atoms with E-state index in [9.17, 15) is 4.79 Å². The van der Waals surface area contributed by atoms with E-state index in [-0.39, 0.29) is 12.6 Å². The normalized spacial score (nSPS) is 19.3. The molecule has 6 nitrogen and oxygen atoms in total. The van der Waals surface area contributed by atoms with Crippen LogP contribution in [0.15, 0.2) is 72.9 Å². The molecule has 1 aliphatic heterocycles. The van der Waals surface area contributed by atoms with Gasteiger partial charge in [0, 0.05) is 6.20 Å². The molecule has 144 valence electrons. The van der Waals surface area contributed by atoms with E-state index in [1.165, 1.54) is 4.90 Å². The lowest BCUT2D eigenvalue weighted by Gasteiger charge is -2.30. The van der Waals surface area contributed by atoms with E-state index in [0.717, 1.165) is 11.1 Å². The Morgan fingerprint density at radius 2 is 1.83 bits per heavy atom. The number of aromatic nitrogens is 2. The molecular weight excluding hydrogens is 364 g/mol. The largest absolute Gasteiger partial charge is 0.445 e. The van der Waals surface area contributed by atoms with Gasteiger partial charge in [0.15, 0.2) is 5.54 Å². The van der Waals surface area contributed by atoms with E-state index in [2.05, 4.69) is 21.2 Å². The van der Waals surface area contributed by atoms with Crippen LogP contribution in [0.2, 0.25) is 0 Å². The maximum absolute atomic E-state index is 12.6. The predicted octanol–water partition coefficient (Wildman–Crippen LogP) is 4.14. The van der Waals surface area contributed by atoms with E-state index in [1.54, 1.807) is 12.3 Å². The maximum atomic E-state index is 12.6. The summed E-state index contributed by atoms with van der Waals surface area (Å²) in [7, 11) is 0. The first-order valence-electron chi connectivity index (χ1n) is 9.29. The number of terminal acetylenes is 1. The molecule has 1 aromatic heterocycles. The van der Waals surface area contributed by atoms with E-state index < -0.39 is 11.6 Å². The zero-order valence-electron chi connectivity index (χ0n) is 15.9. The van der Waals surface area contributed by atoms with E-state index >= 15 is 0 Å². The molecular formula is C23H20N4O2. The Morgan fingerprint density at radius 1 is 1.14 bits per heavy atom. The summed E-state index contributed by atoms with van der Waals surface area (Å²) in [6.07, 6.45) is 6.97. The molecule has 0 bridgehead atoms. The Bertz CT molecular complexity index is 1050. The second-order valence-electron chi connectivity index (χ2n) is 6.78. The fraction of sp³-hybridized carbons (Fsp3) is 0.174. The van der Waals surface area contributed by atoms with Crippen molar-refractivity contribution >= 4 is 17.9 Å². The van der Waals surface area contributed by atoms with E-state index in [4.69, 9.17) is 11.2 Å². The number of amides is 1. The molecule has 0 saturated carbocycles. The molecule has 0 spiro atoms. The van der Waals surface area contributed by atoms with Gasteiger partial charge < -0.3 is 10.1 Å². The molecule has 1 saturated heterocycles. The number of ether oxygens (including phenoxy) is 1. The molecule has 1 N–H and O–H groups in total. The van der Waals surface area contributed by atoms with Crippen molar-refractivity contribution in [1.82, 2.24) is 9.97 Å². The molecule has 29 heavy (non-hydrogen) atoms. The Balaban J connectivity index is 1.68. The third-order valence-electron chi connectivity index (χ3n) is 4.97. The average molecular weight is 384 g/mol. The van der Waals surface area contributed by atoms with Crippen LogP contribution in [0.5, 0.6) is 0 Å². The number of carbonyl (C=O) groups is 1. The fourth-order valence-electron chi connectivity index (χ4n) is 3.42. The number of anilines is 2. The average Bonchev–Trinajstić information content (AvgIpc) is 3.12. The summed E-state index contributed by atoms with van der Waals surface area (Å²) in [5.41, 5.74) is 0.832. The quantitative estimate of drug-likeness (QED) is 0.670. The van der Waals surface area contributed by atoms with Crippen LogP contribution in [0, 0.1) is 12.3 Å². The smallest absolute Gasteiger partial charge is 0.417 e. The molecule has 1 amide bonds. The van der Waals surface area contributed by atoms with Gasteiger partial charge in [0.05, 0.1) is 6.04 Å². The Labute approximate surface area is 169 Å². The molecule has 2 aromatic carbocycles. The highest BCUT2D eigenvalue weighted by molar-refractivity contribution is 5.92. The van der Waals surface area contributed by atoms with E-state index in [1.807, 2.05) is 67.6 Å². The van der Waals surface area contributed by atoms with Gasteiger partial charge >= 0.3 is 6.09 Å². The van der Waals surface area contributed by atoms with Crippen molar-refractivity contribution in [1.29, 1.82) is 0 Å². The summed E-state index contributed by atoms with van der Waals surface area (Å²) in [6.45, 7) is 2.07. The molecule has 2 heterocycles. The van der Waals surface area contributed by atoms with Crippen molar-refractivity contribution < 1.29 is 9.53 Å². The summed E-state index contributed by atoms with van der Waals surface area (Å²) < 4.78 is 5.34. The third kappa shape index (κ3) is 3.39. The number of nitrogens with one attached hydrogen (secondary N) is 1. The molecule has 4 rings (SSSR count). The Kier molecular flexibility index (Phi) is 4.88. The van der Waals surface area contributed by atoms with Gasteiger partial charge in [-0.25, -0.2) is 14.7 Å². The number of cyclic esters (lactones) is 1. The van der Waals surface area contributed by atoms with Gasteiger partial charge in [0.25, 0.3) is 0 Å². The van der Waals surface area contributed by atoms with Crippen molar-refractivity contribution in [3.8, 4) is 12.3 Å². The Hall–Kier alpha value is -3.85. The summed E-state index contributed by atoms with van der Waals surface area (Å²) in [5, 5.41) is 3.27. The van der Waals surface area contributed by atoms with Crippen molar-refractivity contribution in [2.24, 2.45) is 0 Å². The first kappa shape index (κ1) is 18.5. The number of hydrogen-bond donors (Lipinski definition) is 1. The van der Waals surface area contributed by atoms with Crippen molar-refractivity contribution in [2.75, 3.05) is 16.8 Å². The summed E-state index contributed by atoms with van der Waals surface area (Å²) in [6, 6.07) is 21.0. The van der Waals surface area contributed by atoms with Gasteiger partial charge in [-0.2, -0.15) is 4.98 Å². The van der Waals surface area contributed by atoms with Crippen LogP contribution < -0.4 is 10.2 Å². The zero-order valence-corrected chi connectivity index (χ0v) is 15.9. The molecule has 0 unspecified atom stereocenters. The molecule has 3 aromatic rings. The van der Waals surface area contributed by atoms with Gasteiger partial charge in [-0.15, -0.1) is 6.42 Å². The van der Waals surface area contributed by atoms with Gasteiger partial charge in [0.2, 0.25) is 5.95 Å². The van der Waals surface area contributed by atoms with Crippen LogP contribution in [0.1, 0.15) is 24.1 Å². The number of benzene rings is 2. The van der Waals surface area contributed by atoms with Crippen LogP contribution in [0.25, 0.3) is 0 Å². The van der Waals surface area contributed by atoms with Crippen molar-refractivity contribution in [3.05, 3.63) is 84.1 Å². The van der Waals surface area contributed by atoms with Gasteiger partial charge in [-0.05, 0) is 24.1 Å². The second kappa shape index (κ2) is 7.64. The van der Waals surface area contributed by atoms with E-state index in [0.29, 0.717) is 11.8 Å². The Morgan fingerprint density at radius 3 is 2.52 bits per heavy atom. The first-order valence-corrected chi connectivity index (χ1v) is 9.29. The van der Waals surface area contributed by atoms with Crippen molar-refractivity contribution in [2.45, 2.75) is 18.5 Å². The molecule has 0 radical (unpaired) electrons. The third-order valence-corrected chi connectivity index (χ3v) is 4.97. The highest BCUT2D eigenvalue weighted by Gasteiger charge is 2.49. The summed E-state index contributed by atoms with van der Waals surface area (Å²) >= 11 is 0. The van der Waals surface area contributed by atoms with Crippen LogP contribution in [0.4, 0.5) is 16.6 Å². The highest BCUT2D eigenvalue weighted by Crippen LogP contribution is 2.37. The molecule has 1 fully saturated rings. The molecule has 0 aliphatic carbocycles. The minimum Gasteiger partial charge on any atom is -0.445 e. The topological polar surface area (TPSA) is 67.3 Å². The van der Waals surface area contributed by atoms with Gasteiger partial charge in [-0.1, -0.05) is 66.6 Å². The van der Waals surface area contributed by atoms with Gasteiger partial charge in [-0.3, -0.25) is 0 Å². The van der Waals surface area contributed by atoms with Crippen LogP contribution in [-0.4, -0.2) is 22.7 Å². The summed E-state index contributed by atoms with van der Waals surface area (Å²) in [4.78, 5) is 22.9. The predicted molar refractivity (Wildman–Crippen MR) is 111 cm³/mol. The lowest BCUT2D eigenvalue weighted by molar-refractivity contribution is 0.176. The number of carbonyl (C=O) groups excluding carboxylic acids is 1. The zero-order chi connectivity index (χ0) is 20.3. The minimum absolute atomic E-state index is 0.0107. The van der Waals surface area contributed by atoms with Crippen LogP contribution in [0.3, 0.4) is 0 Å². The number of hydrogen-bond acceptors (Lipinski definition) is 5. The first-order chi connectivity index (χ1) is 14.1. The monoisotopic (exact) mass is 384 g/mol. The maximum Gasteiger partial charge on any atom is 0.417 e. The number of nitrogens with zero attached hydrogens (tertiary/aromatic N) is 3. The lowest BCUT2D eigenvalue weighted by Crippen LogP contribution is -2.44. The minimum atomic E-state index is -1.06. The van der Waals surface area contributed by atoms with Crippen LogP contribution >= 0.6 is 0 Å². The van der Waals surface area contributed by atoms with Crippen molar-refractivity contribution in [3.63, 3.8) is 0 Å². The second-order valence-corrected chi connectivity index (χ2v) is 6.78. The van der Waals surface area contributed by atoms with Crippen LogP contribution in [-0.2, 0) is 10.3 Å².